The Morgan fingerprint density at radius 2 is 1.97 bits per heavy atom. The summed E-state index contributed by atoms with van der Waals surface area (Å²) in [6.07, 6.45) is 7.44. The van der Waals surface area contributed by atoms with Crippen molar-refractivity contribution < 1.29 is 13.6 Å². The SMILES string of the molecule is CC(CCc1ccccc1)NC(=O)c1ccc(CN2CCn3cccc3C2c2ccoc2)o1. The summed E-state index contributed by atoms with van der Waals surface area (Å²) in [5.41, 5.74) is 3.63. The van der Waals surface area contributed by atoms with Crippen molar-refractivity contribution in [1.29, 1.82) is 0 Å². The third kappa shape index (κ3) is 4.81. The molecule has 1 amide bonds. The molecule has 2 unspecified atom stereocenters. The first-order chi connectivity index (χ1) is 16.2. The zero-order chi connectivity index (χ0) is 22.6. The minimum Gasteiger partial charge on any atom is -0.472 e. The van der Waals surface area contributed by atoms with Gasteiger partial charge in [0.15, 0.2) is 5.76 Å². The van der Waals surface area contributed by atoms with E-state index in [0.29, 0.717) is 12.3 Å². The fraction of sp³-hybridized carbons (Fsp3) is 0.296. The van der Waals surface area contributed by atoms with Crippen LogP contribution in [-0.4, -0.2) is 28.0 Å². The van der Waals surface area contributed by atoms with Crippen molar-refractivity contribution >= 4 is 5.91 Å². The molecule has 6 nitrogen and oxygen atoms in total. The van der Waals surface area contributed by atoms with Gasteiger partial charge in [-0.2, -0.15) is 0 Å². The minimum absolute atomic E-state index is 0.0617. The van der Waals surface area contributed by atoms with E-state index in [1.807, 2.05) is 37.3 Å². The summed E-state index contributed by atoms with van der Waals surface area (Å²) in [6.45, 7) is 4.46. The number of nitrogens with one attached hydrogen (secondary N) is 1. The number of aryl methyl sites for hydroxylation is 1. The van der Waals surface area contributed by atoms with E-state index in [-0.39, 0.29) is 18.0 Å². The van der Waals surface area contributed by atoms with E-state index in [1.165, 1.54) is 11.3 Å². The second kappa shape index (κ2) is 9.55. The van der Waals surface area contributed by atoms with Gasteiger partial charge in [0, 0.05) is 36.6 Å². The molecule has 1 aliphatic heterocycles. The largest absolute Gasteiger partial charge is 0.472 e. The lowest BCUT2D eigenvalue weighted by atomic mass is 10.0. The van der Waals surface area contributed by atoms with E-state index >= 15 is 0 Å². The zero-order valence-electron chi connectivity index (χ0n) is 18.8. The highest BCUT2D eigenvalue weighted by atomic mass is 16.4. The van der Waals surface area contributed by atoms with Gasteiger partial charge in [-0.15, -0.1) is 0 Å². The maximum Gasteiger partial charge on any atom is 0.287 e. The number of nitrogens with zero attached hydrogens (tertiary/aromatic N) is 2. The van der Waals surface area contributed by atoms with Gasteiger partial charge in [0.1, 0.15) is 5.76 Å². The molecule has 0 radical (unpaired) electrons. The fourth-order valence-electron chi connectivity index (χ4n) is 4.59. The molecule has 3 aromatic heterocycles. The Hall–Kier alpha value is -3.51. The predicted octanol–water partition coefficient (Wildman–Crippen LogP) is 5.03. The molecule has 4 aromatic rings. The monoisotopic (exact) mass is 443 g/mol. The van der Waals surface area contributed by atoms with Crippen LogP contribution in [-0.2, 0) is 19.5 Å². The third-order valence-electron chi connectivity index (χ3n) is 6.33. The Kier molecular flexibility index (Phi) is 6.17. The molecule has 2 atom stereocenters. The topological polar surface area (TPSA) is 63.6 Å². The van der Waals surface area contributed by atoms with Crippen molar-refractivity contribution in [2.45, 2.75) is 44.9 Å². The number of aromatic nitrogens is 1. The molecule has 0 saturated carbocycles. The standard InChI is InChI=1S/C27H29N3O3/c1-20(9-10-21-6-3-2-4-7-21)28-27(31)25-12-11-23(33-25)18-30-16-15-29-14-5-8-24(29)26(30)22-13-17-32-19-22/h2-8,11-14,17,19-20,26H,9-10,15-16,18H2,1H3,(H,28,31). The summed E-state index contributed by atoms with van der Waals surface area (Å²) in [4.78, 5) is 15.1. The van der Waals surface area contributed by atoms with Gasteiger partial charge in [0.2, 0.25) is 0 Å². The maximum absolute atomic E-state index is 12.7. The molecule has 1 aromatic carbocycles. The number of hydrogen-bond acceptors (Lipinski definition) is 4. The van der Waals surface area contributed by atoms with Gasteiger partial charge in [0.05, 0.1) is 25.1 Å². The van der Waals surface area contributed by atoms with Crippen LogP contribution in [0, 0.1) is 0 Å². The first-order valence-corrected chi connectivity index (χ1v) is 11.5. The fourth-order valence-corrected chi connectivity index (χ4v) is 4.59. The molecule has 1 N–H and O–H groups in total. The normalized spacial score (nSPS) is 16.9. The van der Waals surface area contributed by atoms with Crippen molar-refractivity contribution in [1.82, 2.24) is 14.8 Å². The Bertz CT molecular complexity index is 1180. The van der Waals surface area contributed by atoms with Gasteiger partial charge >= 0.3 is 0 Å². The molecule has 170 valence electrons. The Labute approximate surface area is 193 Å². The Balaban J connectivity index is 1.22. The molecule has 33 heavy (non-hydrogen) atoms. The van der Waals surface area contributed by atoms with Crippen LogP contribution in [0.3, 0.4) is 0 Å². The van der Waals surface area contributed by atoms with Crippen molar-refractivity contribution in [2.24, 2.45) is 0 Å². The molecule has 6 heteroatoms. The lowest BCUT2D eigenvalue weighted by Crippen LogP contribution is -2.37. The number of fused-ring (bicyclic) bond motifs is 1. The molecular formula is C27H29N3O3. The van der Waals surface area contributed by atoms with Crippen LogP contribution in [0.15, 0.2) is 88.2 Å². The maximum atomic E-state index is 12.7. The molecule has 5 rings (SSSR count). The van der Waals surface area contributed by atoms with Gasteiger partial charge in [-0.3, -0.25) is 9.69 Å². The Morgan fingerprint density at radius 1 is 1.09 bits per heavy atom. The zero-order valence-corrected chi connectivity index (χ0v) is 18.8. The lowest BCUT2D eigenvalue weighted by molar-refractivity contribution is 0.0904. The van der Waals surface area contributed by atoms with Crippen LogP contribution in [0.5, 0.6) is 0 Å². The number of rotatable bonds is 8. The molecule has 0 aliphatic carbocycles. The van der Waals surface area contributed by atoms with Crippen LogP contribution < -0.4 is 5.32 Å². The average Bonchev–Trinajstić information content (AvgIpc) is 3.60. The van der Waals surface area contributed by atoms with E-state index in [4.69, 9.17) is 8.83 Å². The summed E-state index contributed by atoms with van der Waals surface area (Å²) >= 11 is 0. The smallest absolute Gasteiger partial charge is 0.287 e. The number of carbonyl (C=O) groups excluding carboxylic acids is 1. The number of benzene rings is 1. The van der Waals surface area contributed by atoms with Gasteiger partial charge in [-0.1, -0.05) is 30.3 Å². The molecule has 0 bridgehead atoms. The van der Waals surface area contributed by atoms with Gasteiger partial charge in [-0.25, -0.2) is 0 Å². The Morgan fingerprint density at radius 3 is 2.79 bits per heavy atom. The summed E-state index contributed by atoms with van der Waals surface area (Å²) in [6, 6.07) is 20.4. The van der Waals surface area contributed by atoms with E-state index in [9.17, 15) is 4.79 Å². The van der Waals surface area contributed by atoms with Crippen molar-refractivity contribution in [3.63, 3.8) is 0 Å². The summed E-state index contributed by atoms with van der Waals surface area (Å²) in [5, 5.41) is 3.06. The van der Waals surface area contributed by atoms with E-state index < -0.39 is 0 Å². The van der Waals surface area contributed by atoms with Crippen molar-refractivity contribution in [3.05, 3.63) is 108 Å². The highest BCUT2D eigenvalue weighted by Gasteiger charge is 2.30. The number of hydrogen-bond donors (Lipinski definition) is 1. The van der Waals surface area contributed by atoms with Crippen LogP contribution >= 0.6 is 0 Å². The van der Waals surface area contributed by atoms with Crippen molar-refractivity contribution in [2.75, 3.05) is 6.54 Å². The van der Waals surface area contributed by atoms with Gasteiger partial charge in [-0.05, 0) is 55.7 Å². The second-order valence-electron chi connectivity index (χ2n) is 8.72. The molecular weight excluding hydrogens is 414 g/mol. The average molecular weight is 444 g/mol. The lowest BCUT2D eigenvalue weighted by Gasteiger charge is -2.36. The second-order valence-corrected chi connectivity index (χ2v) is 8.72. The number of carbonyl (C=O) groups is 1. The van der Waals surface area contributed by atoms with Crippen LogP contribution in [0.1, 0.15) is 52.5 Å². The molecule has 0 spiro atoms. The van der Waals surface area contributed by atoms with E-state index in [1.54, 1.807) is 18.6 Å². The first-order valence-electron chi connectivity index (χ1n) is 11.5. The summed E-state index contributed by atoms with van der Waals surface area (Å²) in [7, 11) is 0. The first kappa shape index (κ1) is 21.3. The minimum atomic E-state index is -0.166. The molecule has 4 heterocycles. The highest BCUT2D eigenvalue weighted by Crippen LogP contribution is 2.33. The van der Waals surface area contributed by atoms with Crippen LogP contribution in [0.4, 0.5) is 0 Å². The highest BCUT2D eigenvalue weighted by molar-refractivity contribution is 5.91. The predicted molar refractivity (Wildman–Crippen MR) is 126 cm³/mol. The van der Waals surface area contributed by atoms with Crippen molar-refractivity contribution in [3.8, 4) is 0 Å². The number of amides is 1. The molecule has 1 aliphatic rings. The number of furan rings is 2. The van der Waals surface area contributed by atoms with E-state index in [0.717, 1.165) is 37.3 Å². The third-order valence-corrected chi connectivity index (χ3v) is 6.33. The van der Waals surface area contributed by atoms with Gasteiger partial charge in [0.25, 0.3) is 5.91 Å². The molecule has 0 fully saturated rings. The molecule has 0 saturated heterocycles. The summed E-state index contributed by atoms with van der Waals surface area (Å²) < 4.78 is 13.6. The summed E-state index contributed by atoms with van der Waals surface area (Å²) in [5.74, 6) is 0.975. The van der Waals surface area contributed by atoms with Crippen LogP contribution in [0.2, 0.25) is 0 Å². The van der Waals surface area contributed by atoms with Crippen LogP contribution in [0.25, 0.3) is 0 Å². The van der Waals surface area contributed by atoms with Gasteiger partial charge < -0.3 is 18.7 Å². The quantitative estimate of drug-likeness (QED) is 0.415. The van der Waals surface area contributed by atoms with E-state index in [2.05, 4.69) is 45.2 Å².